The molecular weight excluding hydrogens is 382 g/mol. The molecule has 140 valence electrons. The molecule has 0 bridgehead atoms. The Bertz CT molecular complexity index is 925. The number of benzene rings is 3. The van der Waals surface area contributed by atoms with Gasteiger partial charge in [-0.1, -0.05) is 48.0 Å². The van der Waals surface area contributed by atoms with E-state index in [4.69, 9.17) is 16.3 Å². The largest absolute Gasteiger partial charge is 0.497 e. The van der Waals surface area contributed by atoms with E-state index in [2.05, 4.69) is 5.32 Å². The van der Waals surface area contributed by atoms with Gasteiger partial charge in [-0.2, -0.15) is 0 Å². The number of hydrogen-bond acceptors (Lipinski definition) is 4. The van der Waals surface area contributed by atoms with Gasteiger partial charge in [0.05, 0.1) is 19.0 Å². The van der Waals surface area contributed by atoms with Gasteiger partial charge < -0.3 is 15.2 Å². The number of amides is 1. The maximum absolute atomic E-state index is 12.2. The lowest BCUT2D eigenvalue weighted by Gasteiger charge is -2.13. The Balaban J connectivity index is 1.55. The first-order chi connectivity index (χ1) is 13.1. The zero-order valence-corrected chi connectivity index (χ0v) is 16.4. The standard InChI is InChI=1S/C21H20ClNO3S/c1-26-16-10-8-14(9-11-16)18(24)12-23-20(25)13-27-19-7-3-5-15-4-2-6-17(22)21(15)19/h2-11,18,24H,12-13H2,1H3,(H,23,25). The Morgan fingerprint density at radius 2 is 1.85 bits per heavy atom. The van der Waals surface area contributed by atoms with E-state index in [1.807, 2.05) is 36.4 Å². The van der Waals surface area contributed by atoms with Gasteiger partial charge in [-0.05, 0) is 35.2 Å². The Hall–Kier alpha value is -2.21. The minimum absolute atomic E-state index is 0.142. The highest BCUT2D eigenvalue weighted by Crippen LogP contribution is 2.33. The van der Waals surface area contributed by atoms with Gasteiger partial charge in [-0.25, -0.2) is 0 Å². The fourth-order valence-corrected chi connectivity index (χ4v) is 4.01. The zero-order valence-electron chi connectivity index (χ0n) is 14.8. The summed E-state index contributed by atoms with van der Waals surface area (Å²) in [5.41, 5.74) is 0.726. The van der Waals surface area contributed by atoms with Crippen molar-refractivity contribution in [2.45, 2.75) is 11.0 Å². The van der Waals surface area contributed by atoms with Crippen molar-refractivity contribution in [2.24, 2.45) is 0 Å². The number of rotatable bonds is 7. The molecule has 0 saturated heterocycles. The third kappa shape index (κ3) is 4.95. The second-order valence-electron chi connectivity index (χ2n) is 5.98. The molecule has 4 nitrogen and oxygen atoms in total. The van der Waals surface area contributed by atoms with Gasteiger partial charge >= 0.3 is 0 Å². The smallest absolute Gasteiger partial charge is 0.230 e. The predicted octanol–water partition coefficient (Wildman–Crippen LogP) is 4.44. The fourth-order valence-electron chi connectivity index (χ4n) is 2.73. The van der Waals surface area contributed by atoms with Crippen LogP contribution >= 0.6 is 23.4 Å². The highest BCUT2D eigenvalue weighted by Gasteiger charge is 2.11. The van der Waals surface area contributed by atoms with E-state index in [1.54, 1.807) is 31.4 Å². The van der Waals surface area contributed by atoms with Crippen LogP contribution in [0, 0.1) is 0 Å². The number of aliphatic hydroxyl groups is 1. The molecule has 0 aliphatic heterocycles. The van der Waals surface area contributed by atoms with Crippen LogP contribution in [0.5, 0.6) is 5.75 Å². The Labute approximate surface area is 167 Å². The molecule has 3 rings (SSSR count). The van der Waals surface area contributed by atoms with Gasteiger partial charge in [0.2, 0.25) is 5.91 Å². The van der Waals surface area contributed by atoms with Crippen LogP contribution in [0.3, 0.4) is 0 Å². The summed E-state index contributed by atoms with van der Waals surface area (Å²) in [4.78, 5) is 13.1. The normalized spacial score (nSPS) is 12.0. The first-order valence-electron chi connectivity index (χ1n) is 8.47. The number of carbonyl (C=O) groups is 1. The van der Waals surface area contributed by atoms with Crippen LogP contribution < -0.4 is 10.1 Å². The minimum Gasteiger partial charge on any atom is -0.497 e. The van der Waals surface area contributed by atoms with Crippen molar-refractivity contribution in [1.29, 1.82) is 0 Å². The SMILES string of the molecule is COc1ccc(C(O)CNC(=O)CSc2cccc3cccc(Cl)c23)cc1. The Morgan fingerprint density at radius 1 is 1.15 bits per heavy atom. The summed E-state index contributed by atoms with van der Waals surface area (Å²) in [7, 11) is 1.59. The maximum atomic E-state index is 12.2. The average molecular weight is 402 g/mol. The molecule has 2 N–H and O–H groups in total. The van der Waals surface area contributed by atoms with Gasteiger partial charge in [-0.3, -0.25) is 4.79 Å². The van der Waals surface area contributed by atoms with Crippen molar-refractivity contribution in [2.75, 3.05) is 19.4 Å². The molecule has 0 radical (unpaired) electrons. The van der Waals surface area contributed by atoms with Crippen LogP contribution in [0.1, 0.15) is 11.7 Å². The number of ether oxygens (including phenoxy) is 1. The molecule has 0 spiro atoms. The third-order valence-corrected chi connectivity index (χ3v) is 5.54. The summed E-state index contributed by atoms with van der Waals surface area (Å²) in [5.74, 6) is 0.830. The molecule has 3 aromatic rings. The van der Waals surface area contributed by atoms with Crippen LogP contribution in [-0.2, 0) is 4.79 Å². The molecule has 1 unspecified atom stereocenters. The van der Waals surface area contributed by atoms with Crippen molar-refractivity contribution >= 4 is 40.0 Å². The van der Waals surface area contributed by atoms with Crippen molar-refractivity contribution in [3.05, 3.63) is 71.2 Å². The van der Waals surface area contributed by atoms with Crippen molar-refractivity contribution in [1.82, 2.24) is 5.32 Å². The molecule has 0 fully saturated rings. The van der Waals surface area contributed by atoms with Crippen molar-refractivity contribution in [3.63, 3.8) is 0 Å². The molecule has 0 aromatic heterocycles. The van der Waals surface area contributed by atoms with E-state index in [1.165, 1.54) is 11.8 Å². The van der Waals surface area contributed by atoms with Crippen LogP contribution in [0.25, 0.3) is 10.8 Å². The van der Waals surface area contributed by atoms with E-state index >= 15 is 0 Å². The van der Waals surface area contributed by atoms with Crippen LogP contribution in [-0.4, -0.2) is 30.4 Å². The van der Waals surface area contributed by atoms with Crippen LogP contribution in [0.2, 0.25) is 5.02 Å². The topological polar surface area (TPSA) is 58.6 Å². The summed E-state index contributed by atoms with van der Waals surface area (Å²) >= 11 is 7.74. The Morgan fingerprint density at radius 3 is 2.56 bits per heavy atom. The highest BCUT2D eigenvalue weighted by atomic mass is 35.5. The number of hydrogen-bond donors (Lipinski definition) is 2. The fraction of sp³-hybridized carbons (Fsp3) is 0.190. The second kappa shape index (κ2) is 9.13. The molecule has 1 amide bonds. The molecule has 0 saturated carbocycles. The molecule has 0 heterocycles. The summed E-state index contributed by atoms with van der Waals surface area (Å²) < 4.78 is 5.10. The van der Waals surface area contributed by atoms with Crippen LogP contribution in [0.15, 0.2) is 65.6 Å². The maximum Gasteiger partial charge on any atom is 0.230 e. The van der Waals surface area contributed by atoms with E-state index in [-0.39, 0.29) is 18.2 Å². The number of nitrogens with one attached hydrogen (secondary N) is 1. The van der Waals surface area contributed by atoms with Gasteiger partial charge in [-0.15, -0.1) is 11.8 Å². The highest BCUT2D eigenvalue weighted by molar-refractivity contribution is 8.00. The second-order valence-corrected chi connectivity index (χ2v) is 7.40. The van der Waals surface area contributed by atoms with E-state index in [0.717, 1.165) is 27.0 Å². The molecule has 0 aliphatic rings. The van der Waals surface area contributed by atoms with E-state index in [0.29, 0.717) is 5.02 Å². The van der Waals surface area contributed by atoms with Crippen molar-refractivity contribution < 1.29 is 14.6 Å². The molecule has 3 aromatic carbocycles. The first-order valence-corrected chi connectivity index (χ1v) is 9.83. The number of thioether (sulfide) groups is 1. The number of halogens is 1. The lowest BCUT2D eigenvalue weighted by Crippen LogP contribution is -2.29. The molecule has 6 heteroatoms. The summed E-state index contributed by atoms with van der Waals surface area (Å²) in [5, 5.41) is 15.7. The van der Waals surface area contributed by atoms with Gasteiger partial charge in [0.25, 0.3) is 0 Å². The number of fused-ring (bicyclic) bond motifs is 1. The van der Waals surface area contributed by atoms with Gasteiger partial charge in [0.15, 0.2) is 0 Å². The first kappa shape index (κ1) is 19.5. The summed E-state index contributed by atoms with van der Waals surface area (Å²) in [6.45, 7) is 0.155. The molecule has 27 heavy (non-hydrogen) atoms. The van der Waals surface area contributed by atoms with E-state index in [9.17, 15) is 9.90 Å². The van der Waals surface area contributed by atoms with Crippen LogP contribution in [0.4, 0.5) is 0 Å². The predicted molar refractivity (Wildman–Crippen MR) is 111 cm³/mol. The van der Waals surface area contributed by atoms with Gasteiger partial charge in [0.1, 0.15) is 5.75 Å². The lowest BCUT2D eigenvalue weighted by atomic mass is 10.1. The number of aliphatic hydroxyl groups excluding tert-OH is 1. The molecule has 0 aliphatic carbocycles. The minimum atomic E-state index is -0.767. The summed E-state index contributed by atoms with van der Waals surface area (Å²) in [6.07, 6.45) is -0.767. The number of methoxy groups -OCH3 is 1. The van der Waals surface area contributed by atoms with Gasteiger partial charge in [0, 0.05) is 21.8 Å². The van der Waals surface area contributed by atoms with Crippen molar-refractivity contribution in [3.8, 4) is 5.75 Å². The molecular formula is C21H20ClNO3S. The average Bonchev–Trinajstić information content (AvgIpc) is 2.70. The number of carbonyl (C=O) groups excluding carboxylic acids is 1. The summed E-state index contributed by atoms with van der Waals surface area (Å²) in [6, 6.07) is 18.8. The Kier molecular flexibility index (Phi) is 6.61. The molecule has 1 atom stereocenters. The zero-order chi connectivity index (χ0) is 19.2. The quantitative estimate of drug-likeness (QED) is 0.574. The lowest BCUT2D eigenvalue weighted by molar-refractivity contribution is -0.119. The monoisotopic (exact) mass is 401 g/mol. The van der Waals surface area contributed by atoms with E-state index < -0.39 is 6.10 Å². The third-order valence-electron chi connectivity index (χ3n) is 4.17.